The summed E-state index contributed by atoms with van der Waals surface area (Å²) < 4.78 is 0. The predicted molar refractivity (Wildman–Crippen MR) is 123 cm³/mol. The molecule has 1 N–H and O–H groups in total. The molecular weight excluding hydrogens is 419 g/mol. The number of benzene rings is 2. The van der Waals surface area contributed by atoms with Crippen LogP contribution in [0.1, 0.15) is 49.3 Å². The third-order valence-electron chi connectivity index (χ3n) is 5.66. The van der Waals surface area contributed by atoms with E-state index in [2.05, 4.69) is 36.6 Å². The van der Waals surface area contributed by atoms with E-state index in [1.165, 1.54) is 18.4 Å². The van der Waals surface area contributed by atoms with Crippen molar-refractivity contribution < 1.29 is 4.79 Å². The number of hydrazine groups is 1. The van der Waals surface area contributed by atoms with E-state index >= 15 is 0 Å². The SMILES string of the molecule is Cc1ccc(C2CC(C(=O)NN3CCCCCC3)=NN2c2ccc(Cl)cc2Cl)cc1. The van der Waals surface area contributed by atoms with Crippen LogP contribution in [0.15, 0.2) is 47.6 Å². The van der Waals surface area contributed by atoms with Crippen LogP contribution in [-0.4, -0.2) is 29.7 Å². The number of halogens is 2. The van der Waals surface area contributed by atoms with Gasteiger partial charge in [-0.25, -0.2) is 5.01 Å². The lowest BCUT2D eigenvalue weighted by atomic mass is 10.00. The fourth-order valence-corrected chi connectivity index (χ4v) is 4.47. The molecule has 2 aromatic rings. The molecule has 1 fully saturated rings. The van der Waals surface area contributed by atoms with E-state index < -0.39 is 0 Å². The zero-order chi connectivity index (χ0) is 21.1. The molecule has 2 aromatic carbocycles. The van der Waals surface area contributed by atoms with Crippen LogP contribution in [0.4, 0.5) is 5.69 Å². The summed E-state index contributed by atoms with van der Waals surface area (Å²) in [5.74, 6) is -0.137. The van der Waals surface area contributed by atoms with E-state index in [-0.39, 0.29) is 11.9 Å². The summed E-state index contributed by atoms with van der Waals surface area (Å²) in [5, 5.41) is 9.65. The molecule has 0 radical (unpaired) electrons. The highest BCUT2D eigenvalue weighted by Crippen LogP contribution is 2.39. The average molecular weight is 445 g/mol. The third-order valence-corrected chi connectivity index (χ3v) is 6.19. The van der Waals surface area contributed by atoms with E-state index in [0.29, 0.717) is 22.2 Å². The number of carbonyl (C=O) groups excluding carboxylic acids is 1. The van der Waals surface area contributed by atoms with Crippen molar-refractivity contribution >= 4 is 40.5 Å². The van der Waals surface area contributed by atoms with E-state index in [4.69, 9.17) is 28.3 Å². The van der Waals surface area contributed by atoms with Crippen LogP contribution in [-0.2, 0) is 4.79 Å². The third kappa shape index (κ3) is 4.80. The van der Waals surface area contributed by atoms with Crippen molar-refractivity contribution in [3.63, 3.8) is 0 Å². The van der Waals surface area contributed by atoms with Crippen molar-refractivity contribution in [3.05, 3.63) is 63.6 Å². The second-order valence-electron chi connectivity index (χ2n) is 7.96. The number of rotatable bonds is 4. The smallest absolute Gasteiger partial charge is 0.281 e. The summed E-state index contributed by atoms with van der Waals surface area (Å²) in [5.41, 5.74) is 6.59. The first-order chi connectivity index (χ1) is 14.5. The standard InChI is InChI=1S/C23H26Cl2N4O/c1-16-6-8-17(9-7-16)22-15-20(23(30)27-28-12-4-2-3-5-13-28)26-29(22)21-11-10-18(24)14-19(21)25/h6-11,14,22H,2-5,12-13,15H2,1H3,(H,27,30). The summed E-state index contributed by atoms with van der Waals surface area (Å²) in [6.45, 7) is 3.82. The number of amides is 1. The number of carbonyl (C=O) groups is 1. The van der Waals surface area contributed by atoms with Gasteiger partial charge in [0.2, 0.25) is 0 Å². The quantitative estimate of drug-likeness (QED) is 0.675. The minimum Gasteiger partial charge on any atom is -0.284 e. The Balaban J connectivity index is 1.61. The number of nitrogens with one attached hydrogen (secondary N) is 1. The zero-order valence-electron chi connectivity index (χ0n) is 17.1. The molecule has 158 valence electrons. The van der Waals surface area contributed by atoms with Gasteiger partial charge in [0, 0.05) is 24.5 Å². The number of anilines is 1. The highest BCUT2D eigenvalue weighted by atomic mass is 35.5. The van der Waals surface area contributed by atoms with E-state index in [9.17, 15) is 4.79 Å². The lowest BCUT2D eigenvalue weighted by Gasteiger charge is -2.25. The monoisotopic (exact) mass is 444 g/mol. The summed E-state index contributed by atoms with van der Waals surface area (Å²) in [7, 11) is 0. The maximum absolute atomic E-state index is 13.0. The normalized spacial score (nSPS) is 20.0. The molecule has 0 bridgehead atoms. The van der Waals surface area contributed by atoms with Crippen LogP contribution >= 0.6 is 23.2 Å². The Morgan fingerprint density at radius 2 is 1.73 bits per heavy atom. The van der Waals surface area contributed by atoms with Crippen molar-refractivity contribution in [2.45, 2.75) is 45.1 Å². The molecule has 7 heteroatoms. The molecule has 1 saturated heterocycles. The van der Waals surface area contributed by atoms with Crippen LogP contribution in [0.25, 0.3) is 0 Å². The lowest BCUT2D eigenvalue weighted by Crippen LogP contribution is -2.45. The molecule has 30 heavy (non-hydrogen) atoms. The molecule has 1 amide bonds. The fourth-order valence-electron chi connectivity index (χ4n) is 3.98. The highest BCUT2D eigenvalue weighted by Gasteiger charge is 2.34. The molecule has 0 aliphatic carbocycles. The van der Waals surface area contributed by atoms with Crippen LogP contribution in [0, 0.1) is 6.92 Å². The molecule has 2 aliphatic rings. The Hall–Kier alpha value is -2.08. The molecule has 0 spiro atoms. The molecule has 2 heterocycles. The van der Waals surface area contributed by atoms with E-state index in [1.54, 1.807) is 12.1 Å². The van der Waals surface area contributed by atoms with Gasteiger partial charge in [0.1, 0.15) is 5.71 Å². The first-order valence-corrected chi connectivity index (χ1v) is 11.2. The first kappa shape index (κ1) is 21.2. The molecular formula is C23H26Cl2N4O. The minimum atomic E-state index is -0.137. The summed E-state index contributed by atoms with van der Waals surface area (Å²) in [6, 6.07) is 13.6. The summed E-state index contributed by atoms with van der Waals surface area (Å²) in [6.07, 6.45) is 5.15. The largest absolute Gasteiger partial charge is 0.284 e. The van der Waals surface area contributed by atoms with Crippen LogP contribution < -0.4 is 10.4 Å². The van der Waals surface area contributed by atoms with Crippen molar-refractivity contribution in [1.29, 1.82) is 0 Å². The van der Waals surface area contributed by atoms with Crippen molar-refractivity contribution in [2.75, 3.05) is 18.1 Å². The Bertz CT molecular complexity index is 937. The van der Waals surface area contributed by atoms with Crippen LogP contribution in [0.3, 0.4) is 0 Å². The van der Waals surface area contributed by atoms with Crippen molar-refractivity contribution in [3.8, 4) is 0 Å². The van der Waals surface area contributed by atoms with Gasteiger partial charge in [-0.15, -0.1) is 0 Å². The fraction of sp³-hybridized carbons (Fsp3) is 0.391. The lowest BCUT2D eigenvalue weighted by molar-refractivity contribution is -0.119. The number of hydrogen-bond acceptors (Lipinski definition) is 4. The number of nitrogens with zero attached hydrogens (tertiary/aromatic N) is 3. The highest BCUT2D eigenvalue weighted by molar-refractivity contribution is 6.40. The molecule has 1 atom stereocenters. The van der Waals surface area contributed by atoms with Gasteiger partial charge in [-0.2, -0.15) is 5.10 Å². The van der Waals surface area contributed by atoms with Gasteiger partial charge in [-0.05, 0) is 43.5 Å². The Morgan fingerprint density at radius 1 is 1.03 bits per heavy atom. The second kappa shape index (κ2) is 9.38. The van der Waals surface area contributed by atoms with Gasteiger partial charge in [0.05, 0.1) is 16.8 Å². The van der Waals surface area contributed by atoms with Gasteiger partial charge < -0.3 is 0 Å². The number of hydrogen-bond donors (Lipinski definition) is 1. The molecule has 0 saturated carbocycles. The average Bonchev–Trinajstić information content (AvgIpc) is 3.00. The van der Waals surface area contributed by atoms with Gasteiger partial charge in [-0.3, -0.25) is 15.2 Å². The molecule has 4 rings (SSSR count). The van der Waals surface area contributed by atoms with Crippen LogP contribution in [0.5, 0.6) is 0 Å². The van der Waals surface area contributed by atoms with Gasteiger partial charge in [0.25, 0.3) is 5.91 Å². The predicted octanol–water partition coefficient (Wildman–Crippen LogP) is 5.52. The van der Waals surface area contributed by atoms with E-state index in [0.717, 1.165) is 37.2 Å². The van der Waals surface area contributed by atoms with E-state index in [1.807, 2.05) is 16.1 Å². The molecule has 5 nitrogen and oxygen atoms in total. The number of hydrazone groups is 1. The van der Waals surface area contributed by atoms with Crippen molar-refractivity contribution in [1.82, 2.24) is 10.4 Å². The molecule has 1 unspecified atom stereocenters. The minimum absolute atomic E-state index is 0.103. The molecule has 0 aromatic heterocycles. The second-order valence-corrected chi connectivity index (χ2v) is 8.80. The Labute approximate surface area is 187 Å². The van der Waals surface area contributed by atoms with Gasteiger partial charge >= 0.3 is 0 Å². The van der Waals surface area contributed by atoms with Crippen LogP contribution in [0.2, 0.25) is 10.0 Å². The zero-order valence-corrected chi connectivity index (χ0v) is 18.6. The van der Waals surface area contributed by atoms with Crippen molar-refractivity contribution in [2.24, 2.45) is 5.10 Å². The maximum atomic E-state index is 13.0. The maximum Gasteiger partial charge on any atom is 0.281 e. The first-order valence-electron chi connectivity index (χ1n) is 10.5. The number of aryl methyl sites for hydroxylation is 1. The Kier molecular flexibility index (Phi) is 6.61. The summed E-state index contributed by atoms with van der Waals surface area (Å²) in [4.78, 5) is 13.0. The summed E-state index contributed by atoms with van der Waals surface area (Å²) >= 11 is 12.6. The topological polar surface area (TPSA) is 47.9 Å². The Morgan fingerprint density at radius 3 is 2.40 bits per heavy atom. The molecule has 2 aliphatic heterocycles. The van der Waals surface area contributed by atoms with Gasteiger partial charge in [0.15, 0.2) is 0 Å². The van der Waals surface area contributed by atoms with Gasteiger partial charge in [-0.1, -0.05) is 65.9 Å².